The Labute approximate surface area is 152 Å². The molecule has 0 aromatic rings. The van der Waals surface area contributed by atoms with Crippen molar-refractivity contribution in [3.63, 3.8) is 0 Å². The molecule has 3 fully saturated rings. The van der Waals surface area contributed by atoms with E-state index in [1.54, 1.807) is 0 Å². The van der Waals surface area contributed by atoms with Gasteiger partial charge in [-0.3, -0.25) is 9.59 Å². The molecule has 4 aliphatic rings. The standard InChI is InChI=1S/C23H34O2/c1-5-15-13-23(4)19(14(2)24)8-9-20(23)18-7-6-16-12-17(25)10-11-22(16,3)21(15)18/h12,15,18-21H,5-11,13H2,1-4H3/t15-,18?,19?,20?,21?,22?,23?/m1/s1. The van der Waals surface area contributed by atoms with Gasteiger partial charge in [0.05, 0.1) is 0 Å². The fraction of sp³-hybridized carbons (Fsp3) is 0.826. The minimum Gasteiger partial charge on any atom is -0.300 e. The highest BCUT2D eigenvalue weighted by molar-refractivity contribution is 5.91. The van der Waals surface area contributed by atoms with Gasteiger partial charge in [-0.25, -0.2) is 0 Å². The number of hydrogen-bond acceptors (Lipinski definition) is 2. The summed E-state index contributed by atoms with van der Waals surface area (Å²) in [6.45, 7) is 9.07. The third-order valence-corrected chi connectivity index (χ3v) is 9.05. The zero-order chi connectivity index (χ0) is 18.0. The van der Waals surface area contributed by atoms with Crippen molar-refractivity contribution in [1.29, 1.82) is 0 Å². The molecule has 0 saturated heterocycles. The SMILES string of the molecule is CC[C@@H]1CC2(C)C(C(C)=O)CCC2C2CCC3=CC(=O)CCC3(C)C21. The van der Waals surface area contributed by atoms with Gasteiger partial charge in [-0.05, 0) is 86.0 Å². The fourth-order valence-electron chi connectivity index (χ4n) is 8.03. The molecule has 0 amide bonds. The lowest BCUT2D eigenvalue weighted by molar-refractivity contribution is -0.133. The number of hydrogen-bond donors (Lipinski definition) is 0. The molecule has 0 aliphatic heterocycles. The van der Waals surface area contributed by atoms with Crippen LogP contribution in [0.15, 0.2) is 11.6 Å². The number of carbonyl (C=O) groups is 2. The number of fused-ring (bicyclic) bond motifs is 5. The van der Waals surface area contributed by atoms with E-state index in [9.17, 15) is 9.59 Å². The van der Waals surface area contributed by atoms with Crippen LogP contribution in [0.2, 0.25) is 0 Å². The Balaban J connectivity index is 1.75. The van der Waals surface area contributed by atoms with Crippen molar-refractivity contribution < 1.29 is 9.59 Å². The summed E-state index contributed by atoms with van der Waals surface area (Å²) in [4.78, 5) is 24.4. The van der Waals surface area contributed by atoms with Gasteiger partial charge < -0.3 is 0 Å². The van der Waals surface area contributed by atoms with Crippen molar-refractivity contribution in [3.8, 4) is 0 Å². The predicted octanol–water partition coefficient (Wildman–Crippen LogP) is 5.36. The Hall–Kier alpha value is -0.920. The largest absolute Gasteiger partial charge is 0.300 e. The molecule has 0 heterocycles. The third-order valence-electron chi connectivity index (χ3n) is 9.05. The van der Waals surface area contributed by atoms with Gasteiger partial charge in [0.15, 0.2) is 5.78 Å². The number of allylic oxidation sites excluding steroid dienone is 1. The van der Waals surface area contributed by atoms with E-state index in [0.717, 1.165) is 37.5 Å². The molecule has 2 heteroatoms. The zero-order valence-corrected chi connectivity index (χ0v) is 16.4. The molecular weight excluding hydrogens is 308 g/mol. The van der Waals surface area contributed by atoms with Crippen molar-refractivity contribution in [3.05, 3.63) is 11.6 Å². The molecule has 7 atom stereocenters. The van der Waals surface area contributed by atoms with Crippen LogP contribution in [0.4, 0.5) is 0 Å². The van der Waals surface area contributed by atoms with E-state index >= 15 is 0 Å². The first-order chi connectivity index (χ1) is 11.8. The Morgan fingerprint density at radius 3 is 2.64 bits per heavy atom. The smallest absolute Gasteiger partial charge is 0.155 e. The second kappa shape index (κ2) is 5.79. The molecule has 4 rings (SSSR count). The predicted molar refractivity (Wildman–Crippen MR) is 100 cm³/mol. The van der Waals surface area contributed by atoms with Gasteiger partial charge in [0.1, 0.15) is 5.78 Å². The van der Waals surface area contributed by atoms with Crippen LogP contribution in [0.5, 0.6) is 0 Å². The second-order valence-corrected chi connectivity index (χ2v) is 10.0. The van der Waals surface area contributed by atoms with Gasteiger partial charge in [0, 0.05) is 12.3 Å². The summed E-state index contributed by atoms with van der Waals surface area (Å²) < 4.78 is 0. The lowest BCUT2D eigenvalue weighted by Crippen LogP contribution is -2.54. The molecule has 0 aromatic heterocycles. The van der Waals surface area contributed by atoms with Crippen LogP contribution in [0.3, 0.4) is 0 Å². The Morgan fingerprint density at radius 1 is 1.20 bits per heavy atom. The number of Topliss-reactive ketones (excluding diaryl/α,β-unsaturated/α-hetero) is 1. The van der Waals surface area contributed by atoms with Crippen LogP contribution in [-0.2, 0) is 9.59 Å². The molecule has 138 valence electrons. The van der Waals surface area contributed by atoms with E-state index in [1.807, 2.05) is 13.0 Å². The van der Waals surface area contributed by atoms with Gasteiger partial charge in [-0.2, -0.15) is 0 Å². The normalized spacial score (nSPS) is 49.0. The lowest BCUT2D eigenvalue weighted by atomic mass is 9.43. The Bertz CT molecular complexity index is 632. The van der Waals surface area contributed by atoms with Crippen molar-refractivity contribution in [2.75, 3.05) is 0 Å². The topological polar surface area (TPSA) is 34.1 Å². The molecular formula is C23H34O2. The highest BCUT2D eigenvalue weighted by atomic mass is 16.1. The average Bonchev–Trinajstić information content (AvgIpc) is 2.91. The summed E-state index contributed by atoms with van der Waals surface area (Å²) >= 11 is 0. The summed E-state index contributed by atoms with van der Waals surface area (Å²) in [5, 5.41) is 0. The van der Waals surface area contributed by atoms with Crippen LogP contribution < -0.4 is 0 Å². The number of rotatable bonds is 2. The summed E-state index contributed by atoms with van der Waals surface area (Å²) in [6.07, 6.45) is 10.9. The quantitative estimate of drug-likeness (QED) is 0.677. The van der Waals surface area contributed by atoms with E-state index in [-0.39, 0.29) is 16.7 Å². The summed E-state index contributed by atoms with van der Waals surface area (Å²) in [5.41, 5.74) is 1.90. The van der Waals surface area contributed by atoms with Crippen LogP contribution in [-0.4, -0.2) is 11.6 Å². The lowest BCUT2D eigenvalue weighted by Gasteiger charge is -2.61. The first-order valence-electron chi connectivity index (χ1n) is 10.6. The summed E-state index contributed by atoms with van der Waals surface area (Å²) in [7, 11) is 0. The molecule has 25 heavy (non-hydrogen) atoms. The number of ketones is 2. The minimum atomic E-state index is 0.218. The van der Waals surface area contributed by atoms with E-state index in [2.05, 4.69) is 20.8 Å². The van der Waals surface area contributed by atoms with Crippen molar-refractivity contribution in [2.24, 2.45) is 40.4 Å². The zero-order valence-electron chi connectivity index (χ0n) is 16.4. The van der Waals surface area contributed by atoms with Gasteiger partial charge in [-0.15, -0.1) is 0 Å². The van der Waals surface area contributed by atoms with Crippen LogP contribution >= 0.6 is 0 Å². The van der Waals surface area contributed by atoms with Crippen LogP contribution in [0.1, 0.15) is 79.1 Å². The maximum Gasteiger partial charge on any atom is 0.155 e. The monoisotopic (exact) mass is 342 g/mol. The molecule has 0 radical (unpaired) electrons. The second-order valence-electron chi connectivity index (χ2n) is 10.0. The maximum atomic E-state index is 12.3. The molecule has 4 aliphatic carbocycles. The molecule has 0 bridgehead atoms. The van der Waals surface area contributed by atoms with E-state index in [4.69, 9.17) is 0 Å². The van der Waals surface area contributed by atoms with Gasteiger partial charge in [-0.1, -0.05) is 32.8 Å². The van der Waals surface area contributed by atoms with Crippen molar-refractivity contribution in [2.45, 2.75) is 79.1 Å². The van der Waals surface area contributed by atoms with Crippen molar-refractivity contribution >= 4 is 11.6 Å². The summed E-state index contributed by atoms with van der Waals surface area (Å²) in [6, 6.07) is 0. The van der Waals surface area contributed by atoms with Gasteiger partial charge in [0.25, 0.3) is 0 Å². The van der Waals surface area contributed by atoms with Gasteiger partial charge in [0.2, 0.25) is 0 Å². The summed E-state index contributed by atoms with van der Waals surface area (Å²) in [5.74, 6) is 3.93. The molecule has 2 nitrogen and oxygen atoms in total. The first kappa shape index (κ1) is 17.5. The molecule has 0 N–H and O–H groups in total. The molecule has 0 spiro atoms. The first-order valence-corrected chi connectivity index (χ1v) is 10.6. The average molecular weight is 343 g/mol. The molecule has 6 unspecified atom stereocenters. The van der Waals surface area contributed by atoms with E-state index < -0.39 is 0 Å². The van der Waals surface area contributed by atoms with Gasteiger partial charge >= 0.3 is 0 Å². The maximum absolute atomic E-state index is 12.3. The number of carbonyl (C=O) groups excluding carboxylic acids is 2. The van der Waals surface area contributed by atoms with E-state index in [0.29, 0.717) is 23.4 Å². The molecule has 3 saturated carbocycles. The Morgan fingerprint density at radius 2 is 1.96 bits per heavy atom. The third kappa shape index (κ3) is 2.35. The molecule has 0 aromatic carbocycles. The van der Waals surface area contributed by atoms with Crippen molar-refractivity contribution in [1.82, 2.24) is 0 Å². The minimum absolute atomic E-state index is 0.218. The Kier molecular flexibility index (Phi) is 4.05. The fourth-order valence-corrected chi connectivity index (χ4v) is 8.03. The highest BCUT2D eigenvalue weighted by Gasteiger charge is 2.62. The van der Waals surface area contributed by atoms with Crippen LogP contribution in [0.25, 0.3) is 0 Å². The van der Waals surface area contributed by atoms with Crippen LogP contribution in [0, 0.1) is 40.4 Å². The van der Waals surface area contributed by atoms with E-state index in [1.165, 1.54) is 31.3 Å². The highest BCUT2D eigenvalue weighted by Crippen LogP contribution is 2.68.